The Balaban J connectivity index is 0.00000180. The number of carbonyl (C=O) groups is 1. The molecule has 0 bridgehead atoms. The summed E-state index contributed by atoms with van der Waals surface area (Å²) in [6.45, 7) is 2.93. The van der Waals surface area contributed by atoms with Gasteiger partial charge in [-0.25, -0.2) is 0 Å². The molecule has 2 N–H and O–H groups in total. The third-order valence-corrected chi connectivity index (χ3v) is 4.45. The van der Waals surface area contributed by atoms with Gasteiger partial charge in [0.1, 0.15) is 0 Å². The maximum absolute atomic E-state index is 12.4. The Labute approximate surface area is 135 Å². The van der Waals surface area contributed by atoms with Crippen molar-refractivity contribution < 1.29 is 4.79 Å². The molecule has 0 aromatic rings. The van der Waals surface area contributed by atoms with Gasteiger partial charge >= 0.3 is 0 Å². The average Bonchev–Trinajstić information content (AvgIpc) is 2.77. The van der Waals surface area contributed by atoms with E-state index in [4.69, 9.17) is 5.73 Å². The summed E-state index contributed by atoms with van der Waals surface area (Å²) in [7, 11) is 4.23. The Morgan fingerprint density at radius 1 is 1.20 bits per heavy atom. The molecule has 0 aromatic carbocycles. The molecule has 2 fully saturated rings. The number of nitrogens with two attached hydrogens (primary N) is 1. The second-order valence-corrected chi connectivity index (χ2v) is 6.36. The Bertz CT molecular complexity index is 299. The zero-order valence-electron chi connectivity index (χ0n) is 12.6. The van der Waals surface area contributed by atoms with Gasteiger partial charge in [-0.1, -0.05) is 12.8 Å². The zero-order valence-corrected chi connectivity index (χ0v) is 14.3. The fourth-order valence-electron chi connectivity index (χ4n) is 3.37. The number of hydrogen-bond acceptors (Lipinski definition) is 3. The van der Waals surface area contributed by atoms with E-state index in [1.165, 1.54) is 0 Å². The van der Waals surface area contributed by atoms with Gasteiger partial charge < -0.3 is 15.5 Å². The summed E-state index contributed by atoms with van der Waals surface area (Å²) in [6, 6.07) is 0. The summed E-state index contributed by atoms with van der Waals surface area (Å²) in [4.78, 5) is 16.7. The topological polar surface area (TPSA) is 49.6 Å². The monoisotopic (exact) mass is 325 g/mol. The van der Waals surface area contributed by atoms with Crippen LogP contribution in [-0.4, -0.2) is 55.0 Å². The lowest BCUT2D eigenvalue weighted by atomic mass is 9.92. The molecule has 0 atom stereocenters. The lowest BCUT2D eigenvalue weighted by Crippen LogP contribution is -2.55. The number of piperidine rings is 1. The number of halogens is 2. The van der Waals surface area contributed by atoms with Gasteiger partial charge in [-0.05, 0) is 45.7 Å². The molecule has 1 saturated carbocycles. The van der Waals surface area contributed by atoms with Crippen molar-refractivity contribution in [1.29, 1.82) is 0 Å². The van der Waals surface area contributed by atoms with Crippen LogP contribution in [0.3, 0.4) is 0 Å². The highest BCUT2D eigenvalue weighted by atomic mass is 35.5. The van der Waals surface area contributed by atoms with Crippen LogP contribution in [0.4, 0.5) is 0 Å². The quantitative estimate of drug-likeness (QED) is 0.862. The second kappa shape index (κ2) is 8.42. The number of rotatable bonds is 3. The fraction of sp³-hybridized carbons (Fsp3) is 0.929. The first kappa shape index (κ1) is 20.0. The predicted molar refractivity (Wildman–Crippen MR) is 87.7 cm³/mol. The standard InChI is InChI=1S/C14H27N3O.2ClH/c1-16(2)11-12-5-9-17(10-6-12)13(18)14(15)7-3-4-8-14;;/h12H,3-11,15H2,1-2H3;2*1H. The SMILES string of the molecule is CN(C)CC1CCN(C(=O)C2(N)CCCC2)CC1.Cl.Cl. The van der Waals surface area contributed by atoms with Crippen LogP contribution in [0.2, 0.25) is 0 Å². The molecule has 0 spiro atoms. The van der Waals surface area contributed by atoms with E-state index in [1.54, 1.807) is 0 Å². The smallest absolute Gasteiger partial charge is 0.242 e. The fourth-order valence-corrected chi connectivity index (χ4v) is 3.37. The first-order chi connectivity index (χ1) is 8.51. The molecule has 1 saturated heterocycles. The predicted octanol–water partition coefficient (Wildman–Crippen LogP) is 1.90. The molecular weight excluding hydrogens is 297 g/mol. The van der Waals surface area contributed by atoms with Crippen molar-refractivity contribution in [3.63, 3.8) is 0 Å². The number of likely N-dealkylation sites (tertiary alicyclic amines) is 1. The van der Waals surface area contributed by atoms with Gasteiger partial charge in [0.2, 0.25) is 5.91 Å². The van der Waals surface area contributed by atoms with E-state index in [9.17, 15) is 4.79 Å². The third kappa shape index (κ3) is 4.76. The van der Waals surface area contributed by atoms with Gasteiger partial charge in [0.05, 0.1) is 5.54 Å². The molecule has 6 heteroatoms. The number of hydrogen-bond donors (Lipinski definition) is 1. The molecule has 0 radical (unpaired) electrons. The van der Waals surface area contributed by atoms with E-state index < -0.39 is 5.54 Å². The van der Waals surface area contributed by atoms with E-state index in [-0.39, 0.29) is 30.7 Å². The van der Waals surface area contributed by atoms with Crippen LogP contribution in [-0.2, 0) is 4.79 Å². The number of nitrogens with zero attached hydrogens (tertiary/aromatic N) is 2. The van der Waals surface area contributed by atoms with Crippen molar-refractivity contribution in [3.05, 3.63) is 0 Å². The second-order valence-electron chi connectivity index (χ2n) is 6.36. The lowest BCUT2D eigenvalue weighted by molar-refractivity contribution is -0.138. The molecule has 0 unspecified atom stereocenters. The highest BCUT2D eigenvalue weighted by Gasteiger charge is 2.40. The molecular formula is C14H29Cl2N3O. The molecule has 2 aliphatic rings. The molecule has 1 aliphatic carbocycles. The minimum absolute atomic E-state index is 0. The van der Waals surface area contributed by atoms with E-state index in [0.29, 0.717) is 0 Å². The van der Waals surface area contributed by atoms with E-state index in [1.807, 2.05) is 4.90 Å². The molecule has 120 valence electrons. The van der Waals surface area contributed by atoms with Gasteiger partial charge in [-0.2, -0.15) is 0 Å². The molecule has 0 aromatic heterocycles. The van der Waals surface area contributed by atoms with Crippen LogP contribution in [0.5, 0.6) is 0 Å². The highest BCUT2D eigenvalue weighted by molar-refractivity contribution is 5.86. The van der Waals surface area contributed by atoms with Crippen LogP contribution in [0.25, 0.3) is 0 Å². The minimum atomic E-state index is -0.533. The maximum atomic E-state index is 12.4. The van der Waals surface area contributed by atoms with Crippen LogP contribution in [0.1, 0.15) is 38.5 Å². The average molecular weight is 326 g/mol. The van der Waals surface area contributed by atoms with Gasteiger partial charge in [0.25, 0.3) is 0 Å². The Morgan fingerprint density at radius 2 is 1.70 bits per heavy atom. The molecule has 4 nitrogen and oxygen atoms in total. The van der Waals surface area contributed by atoms with Gasteiger partial charge in [-0.15, -0.1) is 24.8 Å². The summed E-state index contributed by atoms with van der Waals surface area (Å²) in [6.07, 6.45) is 6.23. The van der Waals surface area contributed by atoms with Crippen molar-refractivity contribution in [2.24, 2.45) is 11.7 Å². The van der Waals surface area contributed by atoms with Crippen LogP contribution in [0.15, 0.2) is 0 Å². The normalized spacial score (nSPS) is 22.3. The summed E-state index contributed by atoms with van der Waals surface area (Å²) in [5.74, 6) is 0.949. The van der Waals surface area contributed by atoms with E-state index >= 15 is 0 Å². The molecule has 1 heterocycles. The Morgan fingerprint density at radius 3 is 2.15 bits per heavy atom. The Kier molecular flexibility index (Phi) is 8.41. The first-order valence-electron chi connectivity index (χ1n) is 7.24. The highest BCUT2D eigenvalue weighted by Crippen LogP contribution is 2.30. The van der Waals surface area contributed by atoms with E-state index in [0.717, 1.165) is 64.1 Å². The van der Waals surface area contributed by atoms with Crippen LogP contribution >= 0.6 is 24.8 Å². The van der Waals surface area contributed by atoms with Gasteiger partial charge in [0, 0.05) is 19.6 Å². The van der Waals surface area contributed by atoms with Crippen molar-refractivity contribution in [3.8, 4) is 0 Å². The minimum Gasteiger partial charge on any atom is -0.341 e. The zero-order chi connectivity index (χ0) is 13.2. The van der Waals surface area contributed by atoms with Crippen molar-refractivity contribution >= 4 is 30.7 Å². The van der Waals surface area contributed by atoms with Crippen LogP contribution in [0, 0.1) is 5.92 Å². The van der Waals surface area contributed by atoms with Crippen molar-refractivity contribution in [1.82, 2.24) is 9.80 Å². The molecule has 1 aliphatic heterocycles. The Hall–Kier alpha value is -0.0300. The van der Waals surface area contributed by atoms with Gasteiger partial charge in [0.15, 0.2) is 0 Å². The number of amides is 1. The molecule has 20 heavy (non-hydrogen) atoms. The summed E-state index contributed by atoms with van der Waals surface area (Å²) >= 11 is 0. The number of carbonyl (C=O) groups excluding carboxylic acids is 1. The maximum Gasteiger partial charge on any atom is 0.242 e. The lowest BCUT2D eigenvalue weighted by Gasteiger charge is -2.37. The summed E-state index contributed by atoms with van der Waals surface area (Å²) in [5, 5.41) is 0. The third-order valence-electron chi connectivity index (χ3n) is 4.45. The first-order valence-corrected chi connectivity index (χ1v) is 7.24. The van der Waals surface area contributed by atoms with E-state index in [2.05, 4.69) is 19.0 Å². The molecule has 1 amide bonds. The van der Waals surface area contributed by atoms with Crippen LogP contribution < -0.4 is 5.73 Å². The molecule has 2 rings (SSSR count). The van der Waals surface area contributed by atoms with Crippen molar-refractivity contribution in [2.75, 3.05) is 33.7 Å². The van der Waals surface area contributed by atoms with Gasteiger partial charge in [-0.3, -0.25) is 4.79 Å². The largest absolute Gasteiger partial charge is 0.341 e. The summed E-state index contributed by atoms with van der Waals surface area (Å²) in [5.41, 5.74) is 5.72. The van der Waals surface area contributed by atoms with Crippen molar-refractivity contribution in [2.45, 2.75) is 44.1 Å². The summed E-state index contributed by atoms with van der Waals surface area (Å²) < 4.78 is 0.